The minimum Gasteiger partial charge on any atom is -0.304 e. The second-order valence-corrected chi connectivity index (χ2v) is 7.21. The summed E-state index contributed by atoms with van der Waals surface area (Å²) in [7, 11) is 0. The highest BCUT2D eigenvalue weighted by molar-refractivity contribution is 7.11. The van der Waals surface area contributed by atoms with Gasteiger partial charge in [-0.05, 0) is 52.6 Å². The summed E-state index contributed by atoms with van der Waals surface area (Å²) in [5, 5.41) is 5.01. The van der Waals surface area contributed by atoms with E-state index in [1.165, 1.54) is 48.1 Å². The summed E-state index contributed by atoms with van der Waals surface area (Å²) in [6.07, 6.45) is 2.75. The van der Waals surface area contributed by atoms with Gasteiger partial charge in [0, 0.05) is 23.5 Å². The largest absolute Gasteiger partial charge is 0.304 e. The van der Waals surface area contributed by atoms with E-state index in [9.17, 15) is 0 Å². The van der Waals surface area contributed by atoms with Gasteiger partial charge in [0.25, 0.3) is 0 Å². The fraction of sp³-hybridized carbons (Fsp3) is 0.786. The molecule has 100 valence electrons. The molecule has 2 atom stereocenters. The molecule has 1 aromatic heterocycles. The number of nitrogens with zero attached hydrogens (tertiary/aromatic N) is 2. The molecule has 3 fully saturated rings. The summed E-state index contributed by atoms with van der Waals surface area (Å²) in [5.41, 5.74) is 1.26. The molecule has 1 aromatic rings. The Kier molecular flexibility index (Phi) is 3.43. The van der Waals surface area contributed by atoms with Crippen LogP contribution >= 0.6 is 11.3 Å². The van der Waals surface area contributed by atoms with Gasteiger partial charge >= 0.3 is 0 Å². The molecule has 2 bridgehead atoms. The summed E-state index contributed by atoms with van der Waals surface area (Å²) in [4.78, 5) is 8.65. The number of fused-ring (bicyclic) bond motifs is 3. The maximum Gasteiger partial charge on any atom is 0.0900 e. The number of hydrogen-bond donors (Lipinski definition) is 1. The molecule has 3 saturated heterocycles. The van der Waals surface area contributed by atoms with Gasteiger partial charge in [-0.1, -0.05) is 0 Å². The second-order valence-electron chi connectivity index (χ2n) is 5.81. The van der Waals surface area contributed by atoms with Gasteiger partial charge in [-0.3, -0.25) is 0 Å². The zero-order chi connectivity index (χ0) is 12.7. The third kappa shape index (κ3) is 2.33. The van der Waals surface area contributed by atoms with Crippen molar-refractivity contribution >= 4 is 11.3 Å². The van der Waals surface area contributed by atoms with Crippen LogP contribution in [0, 0.1) is 19.8 Å². The summed E-state index contributed by atoms with van der Waals surface area (Å²) >= 11 is 1.81. The predicted molar refractivity (Wildman–Crippen MR) is 76.1 cm³/mol. The van der Waals surface area contributed by atoms with Crippen LogP contribution in [0.1, 0.15) is 41.4 Å². The number of piperidine rings is 3. The third-order valence-corrected chi connectivity index (χ3v) is 5.37. The van der Waals surface area contributed by atoms with Gasteiger partial charge in [0.05, 0.1) is 10.7 Å². The van der Waals surface area contributed by atoms with Crippen LogP contribution in [0.4, 0.5) is 0 Å². The Morgan fingerprint density at radius 2 is 2.06 bits per heavy atom. The zero-order valence-corrected chi connectivity index (χ0v) is 12.4. The van der Waals surface area contributed by atoms with E-state index in [1.807, 2.05) is 11.3 Å². The molecule has 0 aliphatic carbocycles. The fourth-order valence-electron chi connectivity index (χ4n) is 3.50. The molecule has 18 heavy (non-hydrogen) atoms. The van der Waals surface area contributed by atoms with Gasteiger partial charge < -0.3 is 10.2 Å². The maximum atomic E-state index is 4.68. The van der Waals surface area contributed by atoms with E-state index >= 15 is 0 Å². The lowest BCUT2D eigenvalue weighted by atomic mass is 9.83. The molecule has 3 aliphatic rings. The average molecular weight is 265 g/mol. The van der Waals surface area contributed by atoms with Crippen molar-refractivity contribution in [2.75, 3.05) is 19.6 Å². The standard InChI is InChI=1S/C14H23N3S/c1-9(14-10(2)18-11(3)16-14)15-13-8-17-6-4-12(13)5-7-17/h9,12-13,15H,4-8H2,1-3H3. The maximum absolute atomic E-state index is 4.68. The van der Waals surface area contributed by atoms with Crippen LogP contribution in [0.15, 0.2) is 0 Å². The van der Waals surface area contributed by atoms with Crippen molar-refractivity contribution in [1.82, 2.24) is 15.2 Å². The van der Waals surface area contributed by atoms with Crippen molar-refractivity contribution in [3.05, 3.63) is 15.6 Å². The fourth-order valence-corrected chi connectivity index (χ4v) is 4.41. The Morgan fingerprint density at radius 1 is 1.33 bits per heavy atom. The molecule has 0 amide bonds. The smallest absolute Gasteiger partial charge is 0.0900 e. The van der Waals surface area contributed by atoms with Crippen LogP contribution in [0.3, 0.4) is 0 Å². The minimum absolute atomic E-state index is 0.389. The highest BCUT2D eigenvalue weighted by Gasteiger charge is 2.34. The van der Waals surface area contributed by atoms with E-state index < -0.39 is 0 Å². The summed E-state index contributed by atoms with van der Waals surface area (Å²) < 4.78 is 0. The molecule has 0 saturated carbocycles. The Balaban J connectivity index is 1.67. The average Bonchev–Trinajstić information content (AvgIpc) is 2.70. The molecule has 0 aromatic carbocycles. The molecule has 3 aliphatic heterocycles. The molecule has 1 N–H and O–H groups in total. The van der Waals surface area contributed by atoms with Gasteiger partial charge in [0.2, 0.25) is 0 Å². The molecular weight excluding hydrogens is 242 g/mol. The van der Waals surface area contributed by atoms with Gasteiger partial charge in [0.15, 0.2) is 0 Å². The number of aromatic nitrogens is 1. The number of nitrogens with one attached hydrogen (secondary N) is 1. The lowest BCUT2D eigenvalue weighted by Crippen LogP contribution is -2.56. The number of aryl methyl sites for hydroxylation is 2. The zero-order valence-electron chi connectivity index (χ0n) is 11.6. The molecule has 4 rings (SSSR count). The van der Waals surface area contributed by atoms with Crippen molar-refractivity contribution in [3.8, 4) is 0 Å². The van der Waals surface area contributed by atoms with E-state index in [2.05, 4.69) is 36.0 Å². The number of hydrogen-bond acceptors (Lipinski definition) is 4. The van der Waals surface area contributed by atoms with Crippen LogP contribution < -0.4 is 5.32 Å². The molecular formula is C14H23N3S. The molecule has 3 nitrogen and oxygen atoms in total. The molecule has 0 spiro atoms. The van der Waals surface area contributed by atoms with Gasteiger partial charge in [0.1, 0.15) is 0 Å². The highest BCUT2D eigenvalue weighted by atomic mass is 32.1. The third-order valence-electron chi connectivity index (χ3n) is 4.47. The van der Waals surface area contributed by atoms with Crippen LogP contribution in [-0.4, -0.2) is 35.6 Å². The Hall–Kier alpha value is -0.450. The first kappa shape index (κ1) is 12.6. The van der Waals surface area contributed by atoms with Gasteiger partial charge in [-0.2, -0.15) is 0 Å². The first-order chi connectivity index (χ1) is 8.63. The number of thiazole rings is 1. The Labute approximate surface area is 114 Å². The van der Waals surface area contributed by atoms with Crippen LogP contribution in [0.25, 0.3) is 0 Å². The summed E-state index contributed by atoms with van der Waals surface area (Å²) in [6, 6.07) is 1.06. The predicted octanol–water partition coefficient (Wildman–Crippen LogP) is 2.50. The van der Waals surface area contributed by atoms with E-state index in [0.717, 1.165) is 5.92 Å². The normalized spacial score (nSPS) is 32.7. The van der Waals surface area contributed by atoms with Gasteiger partial charge in [-0.15, -0.1) is 11.3 Å². The minimum atomic E-state index is 0.389. The first-order valence-electron chi connectivity index (χ1n) is 7.06. The van der Waals surface area contributed by atoms with E-state index in [1.54, 1.807) is 0 Å². The van der Waals surface area contributed by atoms with E-state index in [-0.39, 0.29) is 0 Å². The molecule has 0 radical (unpaired) electrons. The van der Waals surface area contributed by atoms with Crippen molar-refractivity contribution in [2.45, 2.75) is 45.7 Å². The number of rotatable bonds is 3. The van der Waals surface area contributed by atoms with Gasteiger partial charge in [-0.25, -0.2) is 4.98 Å². The van der Waals surface area contributed by atoms with Crippen LogP contribution in [-0.2, 0) is 0 Å². The molecule has 2 unspecified atom stereocenters. The Morgan fingerprint density at radius 3 is 2.56 bits per heavy atom. The first-order valence-corrected chi connectivity index (χ1v) is 7.87. The highest BCUT2D eigenvalue weighted by Crippen LogP contribution is 2.30. The monoisotopic (exact) mass is 265 g/mol. The Bertz CT molecular complexity index is 421. The van der Waals surface area contributed by atoms with Crippen molar-refractivity contribution < 1.29 is 0 Å². The lowest BCUT2D eigenvalue weighted by molar-refractivity contribution is 0.0678. The summed E-state index contributed by atoms with van der Waals surface area (Å²) in [6.45, 7) is 10.4. The summed E-state index contributed by atoms with van der Waals surface area (Å²) in [5.74, 6) is 0.887. The quantitative estimate of drug-likeness (QED) is 0.910. The van der Waals surface area contributed by atoms with Crippen LogP contribution in [0.5, 0.6) is 0 Å². The van der Waals surface area contributed by atoms with Crippen molar-refractivity contribution in [3.63, 3.8) is 0 Å². The van der Waals surface area contributed by atoms with Crippen molar-refractivity contribution in [1.29, 1.82) is 0 Å². The van der Waals surface area contributed by atoms with Crippen molar-refractivity contribution in [2.24, 2.45) is 5.92 Å². The SMILES string of the molecule is Cc1nc(C(C)NC2CN3CCC2CC3)c(C)s1. The van der Waals surface area contributed by atoms with E-state index in [0.29, 0.717) is 12.1 Å². The second kappa shape index (κ2) is 4.91. The molecule has 4 heterocycles. The lowest BCUT2D eigenvalue weighted by Gasteiger charge is -2.46. The van der Waals surface area contributed by atoms with Crippen LogP contribution in [0.2, 0.25) is 0 Å². The molecule has 4 heteroatoms. The topological polar surface area (TPSA) is 28.2 Å². The van der Waals surface area contributed by atoms with E-state index in [4.69, 9.17) is 0 Å².